The summed E-state index contributed by atoms with van der Waals surface area (Å²) in [7, 11) is 0. The van der Waals surface area contributed by atoms with E-state index in [1.54, 1.807) is 6.07 Å². The van der Waals surface area contributed by atoms with E-state index in [9.17, 15) is 9.59 Å². The van der Waals surface area contributed by atoms with Gasteiger partial charge in [0.25, 0.3) is 5.91 Å². The lowest BCUT2D eigenvalue weighted by Crippen LogP contribution is -2.38. The van der Waals surface area contributed by atoms with Crippen molar-refractivity contribution >= 4 is 22.6 Å². The Morgan fingerprint density at radius 2 is 1.88 bits per heavy atom. The van der Waals surface area contributed by atoms with Gasteiger partial charge in [0.15, 0.2) is 0 Å². The normalized spacial score (nSPS) is 15.3. The molecule has 1 amide bonds. The van der Waals surface area contributed by atoms with Crippen LogP contribution in [0.5, 0.6) is 0 Å². The summed E-state index contributed by atoms with van der Waals surface area (Å²) >= 11 is 0. The molecule has 1 aromatic heterocycles. The number of rotatable bonds is 5. The van der Waals surface area contributed by atoms with Crippen molar-refractivity contribution in [1.82, 2.24) is 5.32 Å². The second kappa shape index (κ2) is 7.72. The van der Waals surface area contributed by atoms with E-state index in [0.29, 0.717) is 5.58 Å². The first-order chi connectivity index (χ1) is 12.1. The van der Waals surface area contributed by atoms with Crippen molar-refractivity contribution in [3.63, 3.8) is 0 Å². The molecule has 134 valence electrons. The number of carbonyl (C=O) groups is 1. The maximum atomic E-state index is 12.5. The van der Waals surface area contributed by atoms with Crippen molar-refractivity contribution in [3.05, 3.63) is 40.2 Å². The SMILES string of the molecule is CCN(CC)c1ccc2cc(C(=O)NC3CCCCC3)c(=O)oc2c1. The predicted octanol–water partition coefficient (Wildman–Crippen LogP) is 3.70. The van der Waals surface area contributed by atoms with Gasteiger partial charge < -0.3 is 14.6 Å². The van der Waals surface area contributed by atoms with E-state index in [2.05, 4.69) is 24.1 Å². The van der Waals surface area contributed by atoms with Gasteiger partial charge in [-0.1, -0.05) is 19.3 Å². The van der Waals surface area contributed by atoms with E-state index in [-0.39, 0.29) is 17.5 Å². The average Bonchev–Trinajstić information content (AvgIpc) is 2.63. The highest BCUT2D eigenvalue weighted by atomic mass is 16.4. The molecule has 0 unspecified atom stereocenters. The highest BCUT2D eigenvalue weighted by Gasteiger charge is 2.20. The Morgan fingerprint density at radius 1 is 1.16 bits per heavy atom. The molecule has 5 nitrogen and oxygen atoms in total. The minimum Gasteiger partial charge on any atom is -0.422 e. The lowest BCUT2D eigenvalue weighted by Gasteiger charge is -2.22. The highest BCUT2D eigenvalue weighted by molar-refractivity contribution is 5.97. The van der Waals surface area contributed by atoms with Gasteiger partial charge in [-0.05, 0) is 44.9 Å². The Bertz CT molecular complexity index is 802. The van der Waals surface area contributed by atoms with Crippen molar-refractivity contribution in [3.8, 4) is 0 Å². The minimum absolute atomic E-state index is 0.0914. The molecule has 0 saturated heterocycles. The Balaban J connectivity index is 1.87. The first kappa shape index (κ1) is 17.5. The first-order valence-corrected chi connectivity index (χ1v) is 9.26. The van der Waals surface area contributed by atoms with Gasteiger partial charge in [0.1, 0.15) is 11.1 Å². The van der Waals surface area contributed by atoms with Gasteiger partial charge in [0.2, 0.25) is 0 Å². The van der Waals surface area contributed by atoms with Crippen LogP contribution < -0.4 is 15.8 Å². The van der Waals surface area contributed by atoms with Crippen molar-refractivity contribution in [2.75, 3.05) is 18.0 Å². The van der Waals surface area contributed by atoms with Crippen LogP contribution >= 0.6 is 0 Å². The number of carbonyl (C=O) groups excluding carboxylic acids is 1. The smallest absolute Gasteiger partial charge is 0.349 e. The largest absolute Gasteiger partial charge is 0.422 e. The topological polar surface area (TPSA) is 62.6 Å². The monoisotopic (exact) mass is 342 g/mol. The second-order valence-electron chi connectivity index (χ2n) is 6.65. The van der Waals surface area contributed by atoms with E-state index in [1.165, 1.54) is 6.42 Å². The maximum Gasteiger partial charge on any atom is 0.349 e. The van der Waals surface area contributed by atoms with Crippen molar-refractivity contribution < 1.29 is 9.21 Å². The van der Waals surface area contributed by atoms with E-state index >= 15 is 0 Å². The molecule has 0 atom stereocenters. The number of hydrogen-bond donors (Lipinski definition) is 1. The quantitative estimate of drug-likeness (QED) is 0.842. The van der Waals surface area contributed by atoms with Crippen molar-refractivity contribution in [2.24, 2.45) is 0 Å². The summed E-state index contributed by atoms with van der Waals surface area (Å²) in [5.74, 6) is -0.324. The van der Waals surface area contributed by atoms with Gasteiger partial charge in [-0.2, -0.15) is 0 Å². The summed E-state index contributed by atoms with van der Waals surface area (Å²) in [5, 5.41) is 3.75. The molecule has 3 rings (SSSR count). The van der Waals surface area contributed by atoms with Crippen LogP contribution in [0.4, 0.5) is 5.69 Å². The molecule has 1 aromatic carbocycles. The molecule has 1 N–H and O–H groups in total. The summed E-state index contributed by atoms with van der Waals surface area (Å²) in [6, 6.07) is 7.58. The summed E-state index contributed by atoms with van der Waals surface area (Å²) in [6.07, 6.45) is 5.45. The molecule has 1 aliphatic rings. The minimum atomic E-state index is -0.572. The van der Waals surface area contributed by atoms with Gasteiger partial charge in [-0.25, -0.2) is 4.79 Å². The van der Waals surface area contributed by atoms with Crippen LogP contribution in [-0.4, -0.2) is 25.0 Å². The van der Waals surface area contributed by atoms with Gasteiger partial charge in [0.05, 0.1) is 0 Å². The highest BCUT2D eigenvalue weighted by Crippen LogP contribution is 2.22. The number of amides is 1. The van der Waals surface area contributed by atoms with Crippen LogP contribution in [0.15, 0.2) is 33.5 Å². The third kappa shape index (κ3) is 3.86. The van der Waals surface area contributed by atoms with Crippen molar-refractivity contribution in [2.45, 2.75) is 52.0 Å². The van der Waals surface area contributed by atoms with Gasteiger partial charge in [-0.3, -0.25) is 4.79 Å². The molecule has 0 bridgehead atoms. The standard InChI is InChI=1S/C20H26N2O3/c1-3-22(4-2)16-11-10-14-12-17(20(24)25-18(14)13-16)19(23)21-15-8-6-5-7-9-15/h10-13,15H,3-9H2,1-2H3,(H,21,23). The van der Waals surface area contributed by atoms with Gasteiger partial charge >= 0.3 is 5.63 Å². The summed E-state index contributed by atoms with van der Waals surface area (Å²) in [5.41, 5.74) is 1.05. The predicted molar refractivity (Wildman–Crippen MR) is 100 cm³/mol. The van der Waals surface area contributed by atoms with E-state index in [1.807, 2.05) is 18.2 Å². The zero-order valence-corrected chi connectivity index (χ0v) is 15.0. The molecule has 1 fully saturated rings. The van der Waals surface area contributed by atoms with E-state index in [4.69, 9.17) is 4.42 Å². The number of fused-ring (bicyclic) bond motifs is 1. The van der Waals surface area contributed by atoms with Gasteiger partial charge in [0, 0.05) is 36.3 Å². The van der Waals surface area contributed by atoms with Crippen LogP contribution in [0.3, 0.4) is 0 Å². The number of anilines is 1. The Hall–Kier alpha value is -2.30. The molecule has 1 aliphatic carbocycles. The summed E-state index contributed by atoms with van der Waals surface area (Å²) in [6.45, 7) is 5.94. The zero-order chi connectivity index (χ0) is 17.8. The van der Waals surface area contributed by atoms with Crippen LogP contribution in [0.1, 0.15) is 56.3 Å². The fourth-order valence-corrected chi connectivity index (χ4v) is 3.55. The third-order valence-corrected chi connectivity index (χ3v) is 5.03. The molecule has 0 radical (unpaired) electrons. The first-order valence-electron chi connectivity index (χ1n) is 9.26. The molecule has 0 spiro atoms. The molecule has 1 heterocycles. The van der Waals surface area contributed by atoms with Crippen LogP contribution in [0.2, 0.25) is 0 Å². The number of hydrogen-bond acceptors (Lipinski definition) is 4. The summed E-state index contributed by atoms with van der Waals surface area (Å²) < 4.78 is 5.44. The lowest BCUT2D eigenvalue weighted by molar-refractivity contribution is 0.0924. The molecular formula is C20H26N2O3. The number of nitrogens with zero attached hydrogens (tertiary/aromatic N) is 1. The summed E-state index contributed by atoms with van der Waals surface area (Å²) in [4.78, 5) is 26.9. The maximum absolute atomic E-state index is 12.5. The van der Waals surface area contributed by atoms with Gasteiger partial charge in [-0.15, -0.1) is 0 Å². The van der Waals surface area contributed by atoms with E-state index in [0.717, 1.165) is 49.8 Å². The molecular weight excluding hydrogens is 316 g/mol. The third-order valence-electron chi connectivity index (χ3n) is 5.03. The Labute approximate surface area is 148 Å². The molecule has 2 aromatic rings. The second-order valence-corrected chi connectivity index (χ2v) is 6.65. The molecule has 1 saturated carbocycles. The van der Waals surface area contributed by atoms with Crippen LogP contribution in [-0.2, 0) is 0 Å². The van der Waals surface area contributed by atoms with Crippen LogP contribution in [0.25, 0.3) is 11.0 Å². The molecule has 25 heavy (non-hydrogen) atoms. The molecule has 5 heteroatoms. The lowest BCUT2D eigenvalue weighted by atomic mass is 9.95. The zero-order valence-electron chi connectivity index (χ0n) is 15.0. The van der Waals surface area contributed by atoms with Crippen molar-refractivity contribution in [1.29, 1.82) is 0 Å². The van der Waals surface area contributed by atoms with Crippen LogP contribution in [0, 0.1) is 0 Å². The number of nitrogens with one attached hydrogen (secondary N) is 1. The fraction of sp³-hybridized carbons (Fsp3) is 0.500. The fourth-order valence-electron chi connectivity index (χ4n) is 3.55. The number of benzene rings is 1. The average molecular weight is 342 g/mol. The van der Waals surface area contributed by atoms with E-state index < -0.39 is 5.63 Å². The molecule has 0 aliphatic heterocycles. The Morgan fingerprint density at radius 3 is 2.56 bits per heavy atom. The Kier molecular flexibility index (Phi) is 5.41.